The highest BCUT2D eigenvalue weighted by atomic mass is 15.3. The average molecular weight is 896 g/mol. The quantitative estimate of drug-likeness (QED) is 0.130. The van der Waals surface area contributed by atoms with E-state index < -0.39 is 0 Å². The molecule has 5 nitrogen and oxygen atoms in total. The van der Waals surface area contributed by atoms with Crippen molar-refractivity contribution in [1.82, 2.24) is 24.5 Å². The van der Waals surface area contributed by atoms with Crippen molar-refractivity contribution in [3.63, 3.8) is 0 Å². The third-order valence-electron chi connectivity index (χ3n) is 13.0. The van der Waals surface area contributed by atoms with Crippen molar-refractivity contribution in [2.75, 3.05) is 0 Å². The van der Waals surface area contributed by atoms with E-state index in [1.54, 1.807) is 0 Å². The second kappa shape index (κ2) is 18.7. The smallest absolute Gasteiger partial charge is 0.0708 e. The van der Waals surface area contributed by atoms with Gasteiger partial charge in [-0.2, -0.15) is 10.2 Å². The second-order valence-corrected chi connectivity index (χ2v) is 17.4. The highest BCUT2D eigenvalue weighted by Crippen LogP contribution is 2.44. The first-order valence-electron chi connectivity index (χ1n) is 23.6. The molecule has 0 atom stereocenters. The number of hydrogen-bond acceptors (Lipinski definition) is 3. The minimum atomic E-state index is 0.924. The van der Waals surface area contributed by atoms with E-state index in [2.05, 4.69) is 219 Å². The van der Waals surface area contributed by atoms with E-state index in [1.165, 1.54) is 11.1 Å². The van der Waals surface area contributed by atoms with Crippen molar-refractivity contribution in [1.29, 1.82) is 0 Å². The molecule has 0 radical (unpaired) electrons. The lowest BCUT2D eigenvalue weighted by molar-refractivity contribution is 0.881. The molecule has 0 bridgehead atoms. The second-order valence-electron chi connectivity index (χ2n) is 17.4. The number of pyridine rings is 1. The zero-order valence-corrected chi connectivity index (χ0v) is 38.2. The summed E-state index contributed by atoms with van der Waals surface area (Å²) >= 11 is 0. The molecule has 0 aliphatic rings. The van der Waals surface area contributed by atoms with Crippen LogP contribution in [0, 0.1) is 0 Å². The van der Waals surface area contributed by atoms with Gasteiger partial charge in [-0.25, -0.2) is 9.36 Å². The molecule has 0 unspecified atom stereocenters. The van der Waals surface area contributed by atoms with Gasteiger partial charge in [0.2, 0.25) is 0 Å². The molecule has 0 amide bonds. The summed E-state index contributed by atoms with van der Waals surface area (Å²) in [4.78, 5) is 5.16. The molecule has 3 heterocycles. The van der Waals surface area contributed by atoms with Crippen molar-refractivity contribution < 1.29 is 0 Å². The van der Waals surface area contributed by atoms with Crippen LogP contribution in [0.25, 0.3) is 112 Å². The fourth-order valence-corrected chi connectivity index (χ4v) is 9.55. The fourth-order valence-electron chi connectivity index (χ4n) is 9.55. The van der Waals surface area contributed by atoms with Gasteiger partial charge < -0.3 is 0 Å². The normalized spacial score (nSPS) is 11.1. The van der Waals surface area contributed by atoms with Crippen LogP contribution in [-0.2, 0) is 0 Å². The summed E-state index contributed by atoms with van der Waals surface area (Å²) in [6.07, 6.45) is 10.2. The molecule has 330 valence electrons. The summed E-state index contributed by atoms with van der Waals surface area (Å²) < 4.78 is 3.89. The molecular formula is C65H45N5. The summed E-state index contributed by atoms with van der Waals surface area (Å²) in [5.74, 6) is 0. The van der Waals surface area contributed by atoms with Crippen LogP contribution in [0.4, 0.5) is 0 Å². The van der Waals surface area contributed by atoms with Crippen LogP contribution in [0.3, 0.4) is 0 Å². The zero-order chi connectivity index (χ0) is 46.6. The molecule has 70 heavy (non-hydrogen) atoms. The van der Waals surface area contributed by atoms with Gasteiger partial charge in [-0.15, -0.1) is 0 Å². The van der Waals surface area contributed by atoms with E-state index in [0.717, 1.165) is 101 Å². The van der Waals surface area contributed by atoms with E-state index in [-0.39, 0.29) is 0 Å². The van der Waals surface area contributed by atoms with E-state index in [4.69, 9.17) is 15.2 Å². The Balaban J connectivity index is 1.04. The Hall–Kier alpha value is -9.45. The van der Waals surface area contributed by atoms with Crippen LogP contribution in [0.15, 0.2) is 274 Å². The van der Waals surface area contributed by atoms with Gasteiger partial charge in [0.15, 0.2) is 0 Å². The molecule has 12 aromatic rings. The standard InChI is InChI=1S/C65H45N5/c1-5-19-46(20-6-1)47-33-35-48(36-34-47)63-40-65(49-21-7-2-8-22-49)66-43-64(63)62-32-18-17-29-59(62)52-38-50(57-27-13-15-30-60(57)53-41-67-69(44-53)55-23-9-3-10-24-55)37-51(39-52)58-28-14-16-31-61(58)54-42-68-70(45-54)56-25-11-4-12-26-56/h1-45H. The van der Waals surface area contributed by atoms with Crippen LogP contribution in [0.2, 0.25) is 0 Å². The van der Waals surface area contributed by atoms with Crippen molar-refractivity contribution in [3.05, 3.63) is 274 Å². The van der Waals surface area contributed by atoms with Gasteiger partial charge in [-0.1, -0.05) is 194 Å². The Kier molecular flexibility index (Phi) is 11.2. The van der Waals surface area contributed by atoms with Gasteiger partial charge in [-0.05, 0) is 121 Å². The topological polar surface area (TPSA) is 48.5 Å². The maximum Gasteiger partial charge on any atom is 0.0708 e. The van der Waals surface area contributed by atoms with E-state index in [9.17, 15) is 0 Å². The SMILES string of the molecule is c1ccc(-c2ccc(-c3cc(-c4ccccc4)ncc3-c3ccccc3-c3cc(-c4ccccc4-c4cnn(-c5ccccc5)c4)cc(-c4ccccc4-c4cnn(-c5ccccc5)c4)c3)cc2)cc1. The lowest BCUT2D eigenvalue weighted by atomic mass is 9.85. The highest BCUT2D eigenvalue weighted by Gasteiger charge is 2.20. The number of aromatic nitrogens is 5. The molecule has 0 saturated carbocycles. The summed E-state index contributed by atoms with van der Waals surface area (Å²) in [5.41, 5.74) is 21.6. The first-order valence-corrected chi connectivity index (χ1v) is 23.6. The molecular weight excluding hydrogens is 851 g/mol. The predicted molar refractivity (Wildman–Crippen MR) is 287 cm³/mol. The predicted octanol–water partition coefficient (Wildman–Crippen LogP) is 16.5. The molecule has 5 heteroatoms. The number of hydrogen-bond donors (Lipinski definition) is 0. The minimum Gasteiger partial charge on any atom is -0.256 e. The van der Waals surface area contributed by atoms with Gasteiger partial charge in [0.1, 0.15) is 0 Å². The Morgan fingerprint density at radius 2 is 0.586 bits per heavy atom. The van der Waals surface area contributed by atoms with Gasteiger partial charge in [0, 0.05) is 40.8 Å². The van der Waals surface area contributed by atoms with Gasteiger partial charge in [-0.3, -0.25) is 4.98 Å². The van der Waals surface area contributed by atoms with Crippen LogP contribution in [-0.4, -0.2) is 24.5 Å². The van der Waals surface area contributed by atoms with Crippen LogP contribution in [0.5, 0.6) is 0 Å². The van der Waals surface area contributed by atoms with Gasteiger partial charge in [0.25, 0.3) is 0 Å². The first kappa shape index (κ1) is 41.9. The van der Waals surface area contributed by atoms with Crippen molar-refractivity contribution in [2.45, 2.75) is 0 Å². The van der Waals surface area contributed by atoms with Crippen LogP contribution in [0.1, 0.15) is 0 Å². The molecule has 0 aliphatic heterocycles. The maximum absolute atomic E-state index is 5.16. The Morgan fingerprint density at radius 3 is 1.06 bits per heavy atom. The average Bonchev–Trinajstić information content (AvgIpc) is 4.16. The summed E-state index contributed by atoms with van der Waals surface area (Å²) in [6, 6.07) is 85.8. The molecule has 9 aromatic carbocycles. The molecule has 12 rings (SSSR count). The number of benzene rings is 9. The molecule has 0 aliphatic carbocycles. The lowest BCUT2D eigenvalue weighted by Crippen LogP contribution is -1.95. The van der Waals surface area contributed by atoms with E-state index in [0.29, 0.717) is 0 Å². The zero-order valence-electron chi connectivity index (χ0n) is 38.2. The minimum absolute atomic E-state index is 0.924. The van der Waals surface area contributed by atoms with Gasteiger partial charge >= 0.3 is 0 Å². The Morgan fingerprint density at radius 1 is 0.229 bits per heavy atom. The van der Waals surface area contributed by atoms with Crippen molar-refractivity contribution in [2.24, 2.45) is 0 Å². The summed E-state index contributed by atoms with van der Waals surface area (Å²) in [5, 5.41) is 9.65. The van der Waals surface area contributed by atoms with Crippen molar-refractivity contribution in [3.8, 4) is 112 Å². The van der Waals surface area contributed by atoms with Crippen LogP contribution >= 0.6 is 0 Å². The van der Waals surface area contributed by atoms with Gasteiger partial charge in [0.05, 0.1) is 29.5 Å². The molecule has 0 saturated heterocycles. The Labute approximate surface area is 407 Å². The summed E-state index contributed by atoms with van der Waals surface area (Å²) in [6.45, 7) is 0. The highest BCUT2D eigenvalue weighted by molar-refractivity contribution is 5.97. The van der Waals surface area contributed by atoms with E-state index >= 15 is 0 Å². The van der Waals surface area contributed by atoms with Crippen LogP contribution < -0.4 is 0 Å². The third kappa shape index (κ3) is 8.33. The first-order chi connectivity index (χ1) is 34.7. The molecule has 3 aromatic heterocycles. The number of rotatable bonds is 11. The molecule has 0 fully saturated rings. The maximum atomic E-state index is 5.16. The Bertz CT molecular complexity index is 3600. The van der Waals surface area contributed by atoms with E-state index in [1.807, 2.05) is 64.2 Å². The third-order valence-corrected chi connectivity index (χ3v) is 13.0. The number of nitrogens with zero attached hydrogens (tertiary/aromatic N) is 5. The molecule has 0 spiro atoms. The monoisotopic (exact) mass is 895 g/mol. The fraction of sp³-hybridized carbons (Fsp3) is 0. The largest absolute Gasteiger partial charge is 0.256 e. The number of para-hydroxylation sites is 2. The summed E-state index contributed by atoms with van der Waals surface area (Å²) in [7, 11) is 0. The van der Waals surface area contributed by atoms with Crippen molar-refractivity contribution >= 4 is 0 Å². The lowest BCUT2D eigenvalue weighted by Gasteiger charge is -2.19. The molecule has 0 N–H and O–H groups in total.